The van der Waals surface area contributed by atoms with Crippen LogP contribution in [0.3, 0.4) is 0 Å². The van der Waals surface area contributed by atoms with Crippen molar-refractivity contribution < 1.29 is 4.79 Å². The summed E-state index contributed by atoms with van der Waals surface area (Å²) in [5, 5.41) is 3.45. The van der Waals surface area contributed by atoms with Gasteiger partial charge in [0.2, 0.25) is 5.91 Å². The molecule has 0 spiro atoms. The second kappa shape index (κ2) is 6.01. The summed E-state index contributed by atoms with van der Waals surface area (Å²) in [6.07, 6.45) is 5.92. The monoisotopic (exact) mass is 304 g/mol. The van der Waals surface area contributed by atoms with Crippen LogP contribution in [0.4, 0.5) is 0 Å². The molecule has 3 rings (SSSR count). The fraction of sp³-hybridized carbons (Fsp3) is 0.588. The minimum Gasteiger partial charge on any atom is -0.319 e. The second-order valence-corrected chi connectivity index (χ2v) is 7.22. The van der Waals surface area contributed by atoms with Crippen LogP contribution in [0.25, 0.3) is 0 Å². The first kappa shape index (κ1) is 14.9. The third-order valence-corrected chi connectivity index (χ3v) is 5.33. The normalized spacial score (nSPS) is 27.2. The first-order valence-corrected chi connectivity index (χ1v) is 9.05. The minimum atomic E-state index is -0.0862. The smallest absolute Gasteiger partial charge is 0.241 e. The molecule has 0 aromatic heterocycles. The van der Waals surface area contributed by atoms with Crippen LogP contribution in [-0.2, 0) is 4.79 Å². The van der Waals surface area contributed by atoms with Gasteiger partial charge in [0.1, 0.15) is 6.17 Å². The number of thioether (sulfide) groups is 1. The molecule has 1 aromatic rings. The molecule has 3 atom stereocenters. The fourth-order valence-corrected chi connectivity index (χ4v) is 3.61. The Balaban J connectivity index is 1.81. The lowest BCUT2D eigenvalue weighted by Gasteiger charge is -2.31. The van der Waals surface area contributed by atoms with Gasteiger partial charge in [0.25, 0.3) is 0 Å². The summed E-state index contributed by atoms with van der Waals surface area (Å²) in [5.74, 6) is 1.07. The van der Waals surface area contributed by atoms with Gasteiger partial charge in [0.15, 0.2) is 0 Å². The Morgan fingerprint density at radius 2 is 2.00 bits per heavy atom. The van der Waals surface area contributed by atoms with Gasteiger partial charge in [-0.15, -0.1) is 11.8 Å². The maximum atomic E-state index is 12.5. The van der Waals surface area contributed by atoms with Gasteiger partial charge in [-0.05, 0) is 50.1 Å². The first-order chi connectivity index (χ1) is 10.1. The topological polar surface area (TPSA) is 32.3 Å². The van der Waals surface area contributed by atoms with Crippen LogP contribution in [0.5, 0.6) is 0 Å². The zero-order valence-electron chi connectivity index (χ0n) is 13.0. The number of amides is 1. The molecule has 1 heterocycles. The van der Waals surface area contributed by atoms with Crippen LogP contribution in [0, 0.1) is 5.92 Å². The Bertz CT molecular complexity index is 512. The molecule has 1 saturated carbocycles. The first-order valence-electron chi connectivity index (χ1n) is 7.82. The average Bonchev–Trinajstić information content (AvgIpc) is 3.25. The van der Waals surface area contributed by atoms with Gasteiger partial charge in [0, 0.05) is 10.9 Å². The summed E-state index contributed by atoms with van der Waals surface area (Å²) >= 11 is 1.74. The standard InChI is InChI=1S/C17H24N2OS/c1-11(10-13-4-5-13)19-16(18-12(2)17(19)20)14-6-8-15(21-3)9-7-14/h6-9,11-13,16,18H,4-5,10H2,1-3H3. The van der Waals surface area contributed by atoms with Crippen molar-refractivity contribution in [1.82, 2.24) is 10.2 Å². The number of carbonyl (C=O) groups is 1. The lowest BCUT2D eigenvalue weighted by Crippen LogP contribution is -2.38. The minimum absolute atomic E-state index is 0.0251. The van der Waals surface area contributed by atoms with E-state index >= 15 is 0 Å². The number of benzene rings is 1. The van der Waals surface area contributed by atoms with Gasteiger partial charge in [-0.1, -0.05) is 25.0 Å². The molecule has 0 bridgehead atoms. The summed E-state index contributed by atoms with van der Waals surface area (Å²) in [4.78, 5) is 15.8. The number of rotatable bonds is 5. The highest BCUT2D eigenvalue weighted by Crippen LogP contribution is 2.37. The van der Waals surface area contributed by atoms with E-state index in [0.29, 0.717) is 6.04 Å². The molecular weight excluding hydrogens is 280 g/mol. The third kappa shape index (κ3) is 3.11. The molecule has 21 heavy (non-hydrogen) atoms. The van der Waals surface area contributed by atoms with Crippen LogP contribution >= 0.6 is 11.8 Å². The number of carbonyl (C=O) groups excluding carboxylic acids is 1. The number of hydrogen-bond acceptors (Lipinski definition) is 3. The molecule has 1 aromatic carbocycles. The van der Waals surface area contributed by atoms with Crippen molar-refractivity contribution in [3.63, 3.8) is 0 Å². The molecule has 1 N–H and O–H groups in total. The Kier molecular flexibility index (Phi) is 4.27. The molecule has 1 amide bonds. The lowest BCUT2D eigenvalue weighted by molar-refractivity contribution is -0.132. The molecule has 2 aliphatic rings. The molecule has 4 heteroatoms. The van der Waals surface area contributed by atoms with E-state index in [1.165, 1.54) is 23.3 Å². The highest BCUT2D eigenvalue weighted by Gasteiger charge is 2.41. The predicted molar refractivity (Wildman–Crippen MR) is 87.2 cm³/mol. The van der Waals surface area contributed by atoms with Gasteiger partial charge in [-0.25, -0.2) is 0 Å². The van der Waals surface area contributed by atoms with Crippen molar-refractivity contribution in [2.75, 3.05) is 6.26 Å². The zero-order chi connectivity index (χ0) is 15.0. The fourth-order valence-electron chi connectivity index (χ4n) is 3.20. The van der Waals surface area contributed by atoms with E-state index in [-0.39, 0.29) is 18.1 Å². The number of hydrogen-bond donors (Lipinski definition) is 1. The number of nitrogens with one attached hydrogen (secondary N) is 1. The molecule has 1 aliphatic heterocycles. The van der Waals surface area contributed by atoms with Crippen LogP contribution in [0.15, 0.2) is 29.2 Å². The highest BCUT2D eigenvalue weighted by atomic mass is 32.2. The summed E-state index contributed by atoms with van der Waals surface area (Å²) in [6, 6.07) is 8.79. The quantitative estimate of drug-likeness (QED) is 0.846. The van der Waals surface area contributed by atoms with Crippen LogP contribution in [-0.4, -0.2) is 29.1 Å². The van der Waals surface area contributed by atoms with Crippen molar-refractivity contribution in [3.05, 3.63) is 29.8 Å². The van der Waals surface area contributed by atoms with E-state index in [0.717, 1.165) is 12.3 Å². The Morgan fingerprint density at radius 1 is 1.33 bits per heavy atom. The van der Waals surface area contributed by atoms with Gasteiger partial charge in [-0.2, -0.15) is 0 Å². The molecule has 1 aliphatic carbocycles. The van der Waals surface area contributed by atoms with Crippen molar-refractivity contribution in [3.8, 4) is 0 Å². The van der Waals surface area contributed by atoms with Crippen LogP contribution in [0.1, 0.15) is 44.8 Å². The molecule has 0 radical (unpaired) electrons. The molecule has 1 saturated heterocycles. The summed E-state index contributed by atoms with van der Waals surface area (Å²) in [7, 11) is 0. The van der Waals surface area contributed by atoms with E-state index in [1.807, 2.05) is 6.92 Å². The number of nitrogens with zero attached hydrogens (tertiary/aromatic N) is 1. The van der Waals surface area contributed by atoms with Gasteiger partial charge in [-0.3, -0.25) is 10.1 Å². The largest absolute Gasteiger partial charge is 0.319 e. The maximum absolute atomic E-state index is 12.5. The van der Waals surface area contributed by atoms with Crippen molar-refractivity contribution in [1.29, 1.82) is 0 Å². The molecular formula is C17H24N2OS. The van der Waals surface area contributed by atoms with Crippen molar-refractivity contribution in [2.45, 2.75) is 56.3 Å². The van der Waals surface area contributed by atoms with Gasteiger partial charge < -0.3 is 4.90 Å². The zero-order valence-corrected chi connectivity index (χ0v) is 13.8. The van der Waals surface area contributed by atoms with Gasteiger partial charge in [0.05, 0.1) is 6.04 Å². The highest BCUT2D eigenvalue weighted by molar-refractivity contribution is 7.98. The SMILES string of the molecule is CSc1ccc(C2NC(C)C(=O)N2C(C)CC2CC2)cc1. The van der Waals surface area contributed by atoms with E-state index in [1.54, 1.807) is 11.8 Å². The van der Waals surface area contributed by atoms with E-state index < -0.39 is 0 Å². The maximum Gasteiger partial charge on any atom is 0.241 e. The van der Waals surface area contributed by atoms with Crippen LogP contribution in [0.2, 0.25) is 0 Å². The lowest BCUT2D eigenvalue weighted by atomic mass is 10.1. The summed E-state index contributed by atoms with van der Waals surface area (Å²) < 4.78 is 0. The molecule has 114 valence electrons. The predicted octanol–water partition coefficient (Wildman–Crippen LogP) is 3.42. The Hall–Kier alpha value is -1.00. The molecule has 3 nitrogen and oxygen atoms in total. The van der Waals surface area contributed by atoms with Crippen molar-refractivity contribution in [2.24, 2.45) is 5.92 Å². The summed E-state index contributed by atoms with van der Waals surface area (Å²) in [5.41, 5.74) is 1.19. The molecule has 3 unspecified atom stereocenters. The summed E-state index contributed by atoms with van der Waals surface area (Å²) in [6.45, 7) is 4.16. The van der Waals surface area contributed by atoms with Crippen molar-refractivity contribution >= 4 is 17.7 Å². The van der Waals surface area contributed by atoms with Gasteiger partial charge >= 0.3 is 0 Å². The second-order valence-electron chi connectivity index (χ2n) is 6.34. The van der Waals surface area contributed by atoms with E-state index in [9.17, 15) is 4.79 Å². The van der Waals surface area contributed by atoms with Crippen LogP contribution < -0.4 is 5.32 Å². The Morgan fingerprint density at radius 3 is 2.57 bits per heavy atom. The van der Waals surface area contributed by atoms with E-state index in [4.69, 9.17) is 0 Å². The molecule has 2 fully saturated rings. The van der Waals surface area contributed by atoms with E-state index in [2.05, 4.69) is 47.7 Å². The average molecular weight is 304 g/mol. The Labute approximate surface area is 131 Å². The third-order valence-electron chi connectivity index (χ3n) is 4.59.